The molecule has 0 spiro atoms. The van der Waals surface area contributed by atoms with Crippen LogP contribution >= 0.6 is 15.9 Å². The van der Waals surface area contributed by atoms with Crippen LogP contribution in [0.3, 0.4) is 0 Å². The van der Waals surface area contributed by atoms with Gasteiger partial charge < -0.3 is 11.1 Å². The molecule has 0 saturated carbocycles. The molecule has 1 aromatic heterocycles. The highest BCUT2D eigenvalue weighted by atomic mass is 79.9. The predicted octanol–water partition coefficient (Wildman–Crippen LogP) is 1.67. The van der Waals surface area contributed by atoms with Gasteiger partial charge in [-0.2, -0.15) is 0 Å². The summed E-state index contributed by atoms with van der Waals surface area (Å²) in [6.45, 7) is 1.33. The van der Waals surface area contributed by atoms with E-state index in [2.05, 4.69) is 26.2 Å². The molecule has 2 rings (SSSR count). The van der Waals surface area contributed by atoms with Gasteiger partial charge in [-0.1, -0.05) is 0 Å². The van der Waals surface area contributed by atoms with Crippen molar-refractivity contribution in [3.63, 3.8) is 0 Å². The molecule has 0 fully saturated rings. The molecule has 1 amide bonds. The Balaban J connectivity index is 2.22. The number of aryl methyl sites for hydroxylation is 1. The van der Waals surface area contributed by atoms with Crippen molar-refractivity contribution in [2.24, 2.45) is 0 Å². The second-order valence-corrected chi connectivity index (χ2v) is 5.19. The van der Waals surface area contributed by atoms with Crippen molar-refractivity contribution in [3.8, 4) is 0 Å². The van der Waals surface area contributed by atoms with Crippen molar-refractivity contribution in [1.82, 2.24) is 9.55 Å². The summed E-state index contributed by atoms with van der Waals surface area (Å²) in [4.78, 5) is 27.8. The first-order valence-electron chi connectivity index (χ1n) is 5.95. The molecule has 2 aromatic rings. The molecule has 8 heteroatoms. The lowest BCUT2D eigenvalue weighted by Crippen LogP contribution is -2.30. The van der Waals surface area contributed by atoms with Crippen LogP contribution in [-0.4, -0.2) is 15.5 Å². The average Bonchev–Trinajstić information content (AvgIpc) is 2.43. The molecule has 6 nitrogen and oxygen atoms in total. The van der Waals surface area contributed by atoms with Gasteiger partial charge in [0.05, 0.1) is 5.69 Å². The lowest BCUT2D eigenvalue weighted by molar-refractivity contribution is -0.116. The first-order valence-corrected chi connectivity index (χ1v) is 6.74. The molecule has 3 N–H and O–H groups in total. The van der Waals surface area contributed by atoms with Crippen LogP contribution < -0.4 is 16.6 Å². The number of aromatic nitrogens is 2. The first kappa shape index (κ1) is 15.2. The van der Waals surface area contributed by atoms with Crippen LogP contribution in [0.15, 0.2) is 33.7 Å². The van der Waals surface area contributed by atoms with Crippen molar-refractivity contribution in [2.75, 3.05) is 11.1 Å². The molecule has 0 bridgehead atoms. The topological polar surface area (TPSA) is 90.0 Å². The van der Waals surface area contributed by atoms with E-state index in [1.54, 1.807) is 6.92 Å². The van der Waals surface area contributed by atoms with E-state index < -0.39 is 11.7 Å². The van der Waals surface area contributed by atoms with E-state index in [1.165, 1.54) is 22.9 Å². The number of nitrogens with two attached hydrogens (primary N) is 1. The second-order valence-electron chi connectivity index (χ2n) is 4.33. The molecule has 0 atom stereocenters. The lowest BCUT2D eigenvalue weighted by atomic mass is 10.2. The Morgan fingerprint density at radius 2 is 2.24 bits per heavy atom. The van der Waals surface area contributed by atoms with Crippen LogP contribution in [0.2, 0.25) is 0 Å². The molecule has 1 aromatic carbocycles. The third-order valence-corrected chi connectivity index (χ3v) is 3.31. The number of carbonyl (C=O) groups excluding carboxylic acids is 1. The summed E-state index contributed by atoms with van der Waals surface area (Å²) in [5.74, 6) is -0.773. The van der Waals surface area contributed by atoms with Crippen molar-refractivity contribution in [3.05, 3.63) is 50.9 Å². The first-order chi connectivity index (χ1) is 9.88. The number of nitrogen functional groups attached to an aromatic ring is 1. The van der Waals surface area contributed by atoms with E-state index >= 15 is 0 Å². The van der Waals surface area contributed by atoms with Gasteiger partial charge in [0.1, 0.15) is 22.7 Å². The van der Waals surface area contributed by atoms with Gasteiger partial charge in [-0.3, -0.25) is 14.2 Å². The van der Waals surface area contributed by atoms with Crippen LogP contribution in [0.5, 0.6) is 0 Å². The highest BCUT2D eigenvalue weighted by Crippen LogP contribution is 2.17. The number of rotatable bonds is 3. The number of carbonyl (C=O) groups is 1. The minimum atomic E-state index is -0.603. The zero-order valence-corrected chi connectivity index (χ0v) is 12.6. The molecule has 0 radical (unpaired) electrons. The Morgan fingerprint density at radius 1 is 1.52 bits per heavy atom. The molecule has 110 valence electrons. The van der Waals surface area contributed by atoms with Gasteiger partial charge in [0, 0.05) is 11.9 Å². The monoisotopic (exact) mass is 354 g/mol. The normalized spacial score (nSPS) is 10.4. The zero-order chi connectivity index (χ0) is 15.6. The number of nitrogens with one attached hydrogen (secondary N) is 1. The van der Waals surface area contributed by atoms with E-state index in [-0.39, 0.29) is 22.3 Å². The van der Waals surface area contributed by atoms with Crippen LogP contribution in [0.4, 0.5) is 15.8 Å². The van der Waals surface area contributed by atoms with E-state index in [9.17, 15) is 14.0 Å². The third-order valence-electron chi connectivity index (χ3n) is 2.77. The Kier molecular flexibility index (Phi) is 4.37. The van der Waals surface area contributed by atoms with Gasteiger partial charge in [-0.15, -0.1) is 0 Å². The minimum absolute atomic E-state index is 0.0336. The summed E-state index contributed by atoms with van der Waals surface area (Å²) in [7, 11) is 0. The number of anilines is 2. The zero-order valence-electron chi connectivity index (χ0n) is 11.1. The Morgan fingerprint density at radius 3 is 2.95 bits per heavy atom. The summed E-state index contributed by atoms with van der Waals surface area (Å²) >= 11 is 3.05. The van der Waals surface area contributed by atoms with Crippen molar-refractivity contribution in [1.29, 1.82) is 0 Å². The van der Waals surface area contributed by atoms with Gasteiger partial charge in [0.15, 0.2) is 0 Å². The predicted molar refractivity (Wildman–Crippen MR) is 80.4 cm³/mol. The van der Waals surface area contributed by atoms with Crippen LogP contribution in [-0.2, 0) is 11.3 Å². The summed E-state index contributed by atoms with van der Waals surface area (Å²) in [6.07, 6.45) is 1.36. The minimum Gasteiger partial charge on any atom is -0.399 e. The van der Waals surface area contributed by atoms with Crippen LogP contribution in [0.1, 0.15) is 5.82 Å². The maximum absolute atomic E-state index is 13.5. The molecule has 0 aliphatic carbocycles. The fourth-order valence-corrected chi connectivity index (χ4v) is 2.03. The maximum Gasteiger partial charge on any atom is 0.268 e. The number of hydrogen-bond acceptors (Lipinski definition) is 4. The third kappa shape index (κ3) is 3.46. The van der Waals surface area contributed by atoms with Crippen LogP contribution in [0, 0.1) is 12.7 Å². The number of halogens is 2. The SMILES string of the molecule is Cc1ncc(Br)c(=O)n1CC(=O)Nc1cc(N)ccc1F. The Labute approximate surface area is 127 Å². The smallest absolute Gasteiger partial charge is 0.268 e. The Hall–Kier alpha value is -2.22. The average molecular weight is 355 g/mol. The van der Waals surface area contributed by atoms with E-state index in [0.717, 1.165) is 6.07 Å². The highest BCUT2D eigenvalue weighted by molar-refractivity contribution is 9.10. The lowest BCUT2D eigenvalue weighted by Gasteiger charge is -2.10. The largest absolute Gasteiger partial charge is 0.399 e. The van der Waals surface area contributed by atoms with E-state index in [0.29, 0.717) is 11.5 Å². The summed E-state index contributed by atoms with van der Waals surface area (Å²) in [5, 5.41) is 2.38. The standard InChI is InChI=1S/C13H12BrFN4O2/c1-7-17-5-9(14)13(21)19(7)6-12(20)18-11-4-8(16)2-3-10(11)15/h2-5H,6,16H2,1H3,(H,18,20). The van der Waals surface area contributed by atoms with E-state index in [1.807, 2.05) is 0 Å². The van der Waals surface area contributed by atoms with Gasteiger partial charge in [-0.25, -0.2) is 9.37 Å². The fraction of sp³-hybridized carbons (Fsp3) is 0.154. The van der Waals surface area contributed by atoms with Gasteiger partial charge in [0.25, 0.3) is 5.56 Å². The molecule has 1 heterocycles. The van der Waals surface area contributed by atoms with Gasteiger partial charge >= 0.3 is 0 Å². The fourth-order valence-electron chi connectivity index (χ4n) is 1.71. The van der Waals surface area contributed by atoms with Gasteiger partial charge in [0.2, 0.25) is 5.91 Å². The highest BCUT2D eigenvalue weighted by Gasteiger charge is 2.12. The molecule has 0 aliphatic heterocycles. The van der Waals surface area contributed by atoms with Crippen molar-refractivity contribution < 1.29 is 9.18 Å². The number of amides is 1. The molecular formula is C13H12BrFN4O2. The van der Waals surface area contributed by atoms with Crippen molar-refractivity contribution in [2.45, 2.75) is 13.5 Å². The quantitative estimate of drug-likeness (QED) is 0.820. The molecule has 0 unspecified atom stereocenters. The van der Waals surface area contributed by atoms with Crippen molar-refractivity contribution >= 4 is 33.2 Å². The van der Waals surface area contributed by atoms with E-state index in [4.69, 9.17) is 5.73 Å². The number of hydrogen-bond donors (Lipinski definition) is 2. The van der Waals surface area contributed by atoms with Gasteiger partial charge in [-0.05, 0) is 41.1 Å². The number of nitrogens with zero attached hydrogens (tertiary/aromatic N) is 2. The Bertz CT molecular complexity index is 760. The molecule has 0 aliphatic rings. The second kappa shape index (κ2) is 6.04. The summed E-state index contributed by atoms with van der Waals surface area (Å²) in [6, 6.07) is 3.85. The molecule has 0 saturated heterocycles. The summed E-state index contributed by atoms with van der Waals surface area (Å²) < 4.78 is 15.0. The number of benzene rings is 1. The maximum atomic E-state index is 13.5. The molecular weight excluding hydrogens is 343 g/mol. The summed E-state index contributed by atoms with van der Waals surface area (Å²) in [5.41, 5.74) is 5.44. The van der Waals surface area contributed by atoms with Crippen LogP contribution in [0.25, 0.3) is 0 Å². The molecule has 21 heavy (non-hydrogen) atoms.